The molecule has 0 aromatic heterocycles. The molecule has 4 saturated carbocycles. The van der Waals surface area contributed by atoms with Crippen LogP contribution in [0.5, 0.6) is 0 Å². The van der Waals surface area contributed by atoms with Crippen molar-refractivity contribution in [1.82, 2.24) is 0 Å². The number of halogens is 2. The lowest BCUT2D eigenvalue weighted by molar-refractivity contribution is -0.117. The fraction of sp³-hybridized carbons (Fsp3) is 1.00. The Morgan fingerprint density at radius 1 is 0.969 bits per heavy atom. The molecule has 0 aliphatic heterocycles. The normalized spacial score (nSPS) is 50.4. The third kappa shape index (κ3) is 3.91. The van der Waals surface area contributed by atoms with Crippen molar-refractivity contribution in [3.05, 3.63) is 0 Å². The van der Waals surface area contributed by atoms with E-state index in [1.165, 1.54) is 44.9 Å². The van der Waals surface area contributed by atoms with E-state index in [1.807, 2.05) is 0 Å². The standard InChI is InChI=1S/C29H50Cl2O/c1-7-20(18(2)3)9-8-19(4)23-10-11-24-22-16-26(30)29(31)17-21(32)12-15-28(29,6)25(22)13-14-27(23,24)5/h18-26,32H,7-17H2,1-6H3/t19-,20-,21+,22+,23-,24+,25+,26-,27-,28-,29+/m1/s1. The molecular weight excluding hydrogens is 435 g/mol. The van der Waals surface area contributed by atoms with Crippen molar-refractivity contribution >= 4 is 23.2 Å². The first-order valence-corrected chi connectivity index (χ1v) is 14.8. The van der Waals surface area contributed by atoms with Crippen LogP contribution in [-0.2, 0) is 0 Å². The van der Waals surface area contributed by atoms with Gasteiger partial charge in [0.25, 0.3) is 0 Å². The van der Waals surface area contributed by atoms with Gasteiger partial charge in [0.15, 0.2) is 0 Å². The summed E-state index contributed by atoms with van der Waals surface area (Å²) >= 11 is 14.5. The van der Waals surface area contributed by atoms with Crippen molar-refractivity contribution in [3.8, 4) is 0 Å². The number of aliphatic hydroxyl groups excluding tert-OH is 1. The molecule has 0 aromatic rings. The van der Waals surface area contributed by atoms with Crippen molar-refractivity contribution in [2.45, 2.75) is 129 Å². The number of aliphatic hydroxyl groups is 1. The van der Waals surface area contributed by atoms with Gasteiger partial charge in [-0.3, -0.25) is 0 Å². The van der Waals surface area contributed by atoms with Gasteiger partial charge < -0.3 is 5.11 Å². The average Bonchev–Trinajstić information content (AvgIpc) is 3.08. The van der Waals surface area contributed by atoms with Crippen LogP contribution in [0, 0.1) is 52.3 Å². The fourth-order valence-corrected chi connectivity index (χ4v) is 10.9. The monoisotopic (exact) mass is 484 g/mol. The van der Waals surface area contributed by atoms with Gasteiger partial charge in [-0.1, -0.05) is 54.4 Å². The molecule has 3 heteroatoms. The van der Waals surface area contributed by atoms with Crippen LogP contribution in [0.1, 0.15) is 112 Å². The zero-order valence-corrected chi connectivity index (χ0v) is 23.2. The van der Waals surface area contributed by atoms with Crippen LogP contribution < -0.4 is 0 Å². The summed E-state index contributed by atoms with van der Waals surface area (Å²) in [5, 5.41) is 10.4. The van der Waals surface area contributed by atoms with E-state index in [0.717, 1.165) is 54.8 Å². The molecular formula is C29H50Cl2O. The fourth-order valence-electron chi connectivity index (χ4n) is 9.83. The van der Waals surface area contributed by atoms with Crippen molar-refractivity contribution < 1.29 is 5.11 Å². The SMILES string of the molecule is CC[C@H](CC[C@@H](C)[C@H]1CC[C@H]2[C@@H]3C[C@@H](Cl)[C@@]4(Cl)C[C@@H](O)CC[C@]4(C)[C@H]3CC[C@]12C)C(C)C. The van der Waals surface area contributed by atoms with E-state index in [2.05, 4.69) is 41.5 Å². The zero-order valence-electron chi connectivity index (χ0n) is 21.7. The Morgan fingerprint density at radius 3 is 2.34 bits per heavy atom. The molecule has 1 nitrogen and oxygen atoms in total. The molecule has 0 heterocycles. The van der Waals surface area contributed by atoms with Gasteiger partial charge in [0.1, 0.15) is 0 Å². The maximum absolute atomic E-state index is 10.4. The highest BCUT2D eigenvalue weighted by Gasteiger charge is 2.67. The molecule has 4 aliphatic rings. The van der Waals surface area contributed by atoms with Crippen LogP contribution in [0.15, 0.2) is 0 Å². The van der Waals surface area contributed by atoms with E-state index in [1.54, 1.807) is 0 Å². The minimum absolute atomic E-state index is 0.0134. The molecule has 0 bridgehead atoms. The molecule has 0 saturated heterocycles. The molecule has 186 valence electrons. The van der Waals surface area contributed by atoms with E-state index in [-0.39, 0.29) is 16.9 Å². The van der Waals surface area contributed by atoms with Crippen LogP contribution in [-0.4, -0.2) is 21.5 Å². The molecule has 0 unspecified atom stereocenters. The second kappa shape index (κ2) is 9.20. The van der Waals surface area contributed by atoms with Gasteiger partial charge in [-0.15, -0.1) is 23.2 Å². The Bertz CT molecular complexity index is 666. The Hall–Kier alpha value is 0.540. The minimum atomic E-state index is -0.432. The summed E-state index contributed by atoms with van der Waals surface area (Å²) in [4.78, 5) is -0.432. The first-order chi connectivity index (χ1) is 15.0. The maximum atomic E-state index is 10.4. The highest BCUT2D eigenvalue weighted by Crippen LogP contribution is 2.71. The maximum Gasteiger partial charge on any atom is 0.0690 e. The van der Waals surface area contributed by atoms with Gasteiger partial charge in [0.05, 0.1) is 16.4 Å². The Morgan fingerprint density at radius 2 is 1.69 bits per heavy atom. The zero-order chi connectivity index (χ0) is 23.5. The van der Waals surface area contributed by atoms with Crippen LogP contribution in [0.2, 0.25) is 0 Å². The van der Waals surface area contributed by atoms with Crippen molar-refractivity contribution in [3.63, 3.8) is 0 Å². The summed E-state index contributed by atoms with van der Waals surface area (Å²) in [5.41, 5.74) is 0.549. The molecule has 0 aromatic carbocycles. The van der Waals surface area contributed by atoms with Gasteiger partial charge in [-0.25, -0.2) is 0 Å². The molecule has 4 fully saturated rings. The summed E-state index contributed by atoms with van der Waals surface area (Å²) in [6.45, 7) is 14.8. The number of hydrogen-bond acceptors (Lipinski definition) is 1. The van der Waals surface area contributed by atoms with Gasteiger partial charge in [0, 0.05) is 0 Å². The van der Waals surface area contributed by atoms with E-state index in [0.29, 0.717) is 17.8 Å². The lowest BCUT2D eigenvalue weighted by Gasteiger charge is -2.65. The predicted octanol–water partition coefficient (Wildman–Crippen LogP) is 8.68. The molecule has 1 N–H and O–H groups in total. The molecule has 0 amide bonds. The number of alkyl halides is 2. The van der Waals surface area contributed by atoms with E-state index >= 15 is 0 Å². The third-order valence-corrected chi connectivity index (χ3v) is 13.4. The molecule has 11 atom stereocenters. The topological polar surface area (TPSA) is 20.2 Å². The summed E-state index contributed by atoms with van der Waals surface area (Å²) in [6, 6.07) is 0. The summed E-state index contributed by atoms with van der Waals surface area (Å²) in [7, 11) is 0. The first kappa shape index (κ1) is 25.6. The first-order valence-electron chi connectivity index (χ1n) is 14.0. The predicted molar refractivity (Wildman–Crippen MR) is 138 cm³/mol. The molecule has 0 radical (unpaired) electrons. The number of fused-ring (bicyclic) bond motifs is 5. The third-order valence-electron chi connectivity index (χ3n) is 11.9. The van der Waals surface area contributed by atoms with Crippen molar-refractivity contribution in [2.24, 2.45) is 52.3 Å². The van der Waals surface area contributed by atoms with Crippen molar-refractivity contribution in [1.29, 1.82) is 0 Å². The van der Waals surface area contributed by atoms with Gasteiger partial charge in [-0.05, 0) is 110 Å². The van der Waals surface area contributed by atoms with Gasteiger partial charge in [0.2, 0.25) is 0 Å². The lowest BCUT2D eigenvalue weighted by atomic mass is 9.44. The Kier molecular flexibility index (Phi) is 7.37. The van der Waals surface area contributed by atoms with Crippen LogP contribution in [0.3, 0.4) is 0 Å². The number of rotatable bonds is 6. The smallest absolute Gasteiger partial charge is 0.0690 e. The molecule has 32 heavy (non-hydrogen) atoms. The summed E-state index contributed by atoms with van der Waals surface area (Å²) in [6.07, 6.45) is 13.0. The largest absolute Gasteiger partial charge is 0.393 e. The average molecular weight is 486 g/mol. The number of hydrogen-bond donors (Lipinski definition) is 1. The van der Waals surface area contributed by atoms with E-state index in [9.17, 15) is 5.11 Å². The van der Waals surface area contributed by atoms with Gasteiger partial charge in [-0.2, -0.15) is 0 Å². The Balaban J connectivity index is 1.51. The second-order valence-electron chi connectivity index (χ2n) is 13.5. The van der Waals surface area contributed by atoms with E-state index < -0.39 is 4.87 Å². The summed E-state index contributed by atoms with van der Waals surface area (Å²) < 4.78 is 0. The lowest BCUT2D eigenvalue weighted by Crippen LogP contribution is -2.64. The molecule has 0 spiro atoms. The van der Waals surface area contributed by atoms with Crippen LogP contribution >= 0.6 is 23.2 Å². The second-order valence-corrected chi connectivity index (χ2v) is 14.7. The quantitative estimate of drug-likeness (QED) is 0.373. The van der Waals surface area contributed by atoms with Gasteiger partial charge >= 0.3 is 0 Å². The highest BCUT2D eigenvalue weighted by atomic mass is 35.5. The van der Waals surface area contributed by atoms with Crippen LogP contribution in [0.4, 0.5) is 0 Å². The minimum Gasteiger partial charge on any atom is -0.393 e. The Labute approximate surface area is 208 Å². The van der Waals surface area contributed by atoms with E-state index in [4.69, 9.17) is 23.2 Å². The summed E-state index contributed by atoms with van der Waals surface area (Å²) in [5.74, 6) is 5.61. The molecule has 4 rings (SSSR count). The van der Waals surface area contributed by atoms with Crippen molar-refractivity contribution in [2.75, 3.05) is 0 Å². The molecule has 4 aliphatic carbocycles. The van der Waals surface area contributed by atoms with Crippen LogP contribution in [0.25, 0.3) is 0 Å². The highest BCUT2D eigenvalue weighted by molar-refractivity contribution is 6.33.